The van der Waals surface area contributed by atoms with Crippen LogP contribution in [0.3, 0.4) is 0 Å². The molecule has 2 atom stereocenters. The first-order valence-corrected chi connectivity index (χ1v) is 9.74. The first-order chi connectivity index (χ1) is 13.3. The number of amides is 2. The van der Waals surface area contributed by atoms with Crippen LogP contribution in [0.4, 0.5) is 0 Å². The summed E-state index contributed by atoms with van der Waals surface area (Å²) in [7, 11) is 0. The Hall–Kier alpha value is -2.44. The molecule has 2 amide bonds. The molecule has 2 aromatic rings. The van der Waals surface area contributed by atoms with Crippen molar-refractivity contribution >= 4 is 23.4 Å². The van der Waals surface area contributed by atoms with Crippen LogP contribution in [0.15, 0.2) is 36.7 Å². The Morgan fingerprint density at radius 3 is 2.82 bits per heavy atom. The monoisotopic (exact) mass is 400 g/mol. The van der Waals surface area contributed by atoms with Crippen LogP contribution in [-0.2, 0) is 16.1 Å². The van der Waals surface area contributed by atoms with E-state index >= 15 is 0 Å². The molecule has 1 fully saturated rings. The number of nitrogens with zero attached hydrogens (tertiary/aromatic N) is 1. The molecule has 1 aliphatic heterocycles. The Morgan fingerprint density at radius 1 is 1.32 bits per heavy atom. The van der Waals surface area contributed by atoms with Gasteiger partial charge in [-0.25, -0.2) is 0 Å². The average Bonchev–Trinajstić information content (AvgIpc) is 2.66. The van der Waals surface area contributed by atoms with Gasteiger partial charge in [-0.3, -0.25) is 19.9 Å². The molecule has 1 aromatic heterocycles. The second-order valence-corrected chi connectivity index (χ2v) is 7.86. The lowest BCUT2D eigenvalue weighted by Gasteiger charge is -2.32. The van der Waals surface area contributed by atoms with E-state index in [1.807, 2.05) is 39.0 Å². The number of aromatic nitrogens is 1. The van der Waals surface area contributed by atoms with Crippen molar-refractivity contribution in [2.24, 2.45) is 5.92 Å². The van der Waals surface area contributed by atoms with Gasteiger partial charge in [-0.15, -0.1) is 0 Å². The first kappa shape index (κ1) is 20.3. The zero-order valence-corrected chi connectivity index (χ0v) is 17.0. The van der Waals surface area contributed by atoms with E-state index in [2.05, 4.69) is 20.9 Å². The minimum absolute atomic E-state index is 0.00685. The normalized spacial score (nSPS) is 19.4. The van der Waals surface area contributed by atoms with Crippen LogP contribution < -0.4 is 16.0 Å². The number of aryl methyl sites for hydroxylation is 1. The topological polar surface area (TPSA) is 83.1 Å². The van der Waals surface area contributed by atoms with Gasteiger partial charge in [0.1, 0.15) is 6.17 Å². The fourth-order valence-corrected chi connectivity index (χ4v) is 3.40. The van der Waals surface area contributed by atoms with Crippen molar-refractivity contribution in [1.29, 1.82) is 0 Å². The van der Waals surface area contributed by atoms with Crippen LogP contribution >= 0.6 is 11.6 Å². The standard InChI is InChI=1S/C21H25ClN4O2/c1-12(2)21(28)24-10-14-4-5-17(22)16(7-14)20-25-18(8-19(27)26-20)15-6-13(3)9-23-11-15/h4-7,9,11-12,18,20,25H,8,10H2,1-3H3,(H,24,28)(H,26,27). The molecular weight excluding hydrogens is 376 g/mol. The number of pyridine rings is 1. The molecule has 0 bridgehead atoms. The van der Waals surface area contributed by atoms with E-state index in [9.17, 15) is 9.59 Å². The van der Waals surface area contributed by atoms with Crippen molar-refractivity contribution in [1.82, 2.24) is 20.9 Å². The van der Waals surface area contributed by atoms with Gasteiger partial charge in [0.25, 0.3) is 0 Å². The molecule has 0 radical (unpaired) electrons. The van der Waals surface area contributed by atoms with Gasteiger partial charge in [0.2, 0.25) is 11.8 Å². The Kier molecular flexibility index (Phi) is 6.31. The lowest BCUT2D eigenvalue weighted by molar-refractivity contribution is -0.125. The number of benzene rings is 1. The second kappa shape index (κ2) is 8.71. The Bertz CT molecular complexity index is 884. The zero-order valence-electron chi connectivity index (χ0n) is 16.3. The highest BCUT2D eigenvalue weighted by Gasteiger charge is 2.29. The summed E-state index contributed by atoms with van der Waals surface area (Å²) < 4.78 is 0. The van der Waals surface area contributed by atoms with Gasteiger partial charge < -0.3 is 10.6 Å². The number of hydrogen-bond acceptors (Lipinski definition) is 4. The van der Waals surface area contributed by atoms with E-state index in [0.717, 1.165) is 22.3 Å². The number of rotatable bonds is 5. The van der Waals surface area contributed by atoms with Gasteiger partial charge in [0.05, 0.1) is 0 Å². The van der Waals surface area contributed by atoms with Gasteiger partial charge >= 0.3 is 0 Å². The molecule has 2 heterocycles. The van der Waals surface area contributed by atoms with E-state index < -0.39 is 6.17 Å². The molecule has 28 heavy (non-hydrogen) atoms. The Balaban J connectivity index is 1.80. The highest BCUT2D eigenvalue weighted by molar-refractivity contribution is 6.31. The molecule has 0 aliphatic carbocycles. The van der Waals surface area contributed by atoms with Crippen LogP contribution in [0.1, 0.15) is 54.7 Å². The fraction of sp³-hybridized carbons (Fsp3) is 0.381. The Labute approximate surface area is 170 Å². The molecule has 1 aliphatic rings. The fourth-order valence-electron chi connectivity index (χ4n) is 3.18. The molecule has 3 rings (SSSR count). The maximum absolute atomic E-state index is 12.3. The van der Waals surface area contributed by atoms with Crippen LogP contribution in [0.5, 0.6) is 0 Å². The lowest BCUT2D eigenvalue weighted by Crippen LogP contribution is -2.46. The molecular formula is C21H25ClN4O2. The molecule has 3 N–H and O–H groups in total. The SMILES string of the molecule is Cc1cncc(C2CC(=O)NC(c3cc(CNC(=O)C(C)C)ccc3Cl)N2)c1. The number of hydrogen-bond donors (Lipinski definition) is 3. The summed E-state index contributed by atoms with van der Waals surface area (Å²) in [4.78, 5) is 28.4. The summed E-state index contributed by atoms with van der Waals surface area (Å²) in [5.41, 5.74) is 3.71. The van der Waals surface area contributed by atoms with Crippen LogP contribution in [-0.4, -0.2) is 16.8 Å². The third kappa shape index (κ3) is 4.88. The van der Waals surface area contributed by atoms with Crippen molar-refractivity contribution in [3.63, 3.8) is 0 Å². The largest absolute Gasteiger partial charge is 0.352 e. The molecule has 2 unspecified atom stereocenters. The Morgan fingerprint density at radius 2 is 2.11 bits per heavy atom. The van der Waals surface area contributed by atoms with Crippen LogP contribution in [0.2, 0.25) is 5.02 Å². The molecule has 0 spiro atoms. The molecule has 1 saturated heterocycles. The van der Waals surface area contributed by atoms with Crippen molar-refractivity contribution in [2.45, 2.75) is 45.9 Å². The smallest absolute Gasteiger partial charge is 0.223 e. The summed E-state index contributed by atoms with van der Waals surface area (Å²) in [5.74, 6) is -0.132. The molecule has 0 saturated carbocycles. The van der Waals surface area contributed by atoms with Crippen molar-refractivity contribution in [2.75, 3.05) is 0 Å². The van der Waals surface area contributed by atoms with Crippen LogP contribution in [0.25, 0.3) is 0 Å². The van der Waals surface area contributed by atoms with Crippen molar-refractivity contribution in [3.05, 3.63) is 63.9 Å². The van der Waals surface area contributed by atoms with E-state index in [-0.39, 0.29) is 23.8 Å². The van der Waals surface area contributed by atoms with Crippen LogP contribution in [0, 0.1) is 12.8 Å². The summed E-state index contributed by atoms with van der Waals surface area (Å²) in [6.45, 7) is 6.09. The maximum atomic E-state index is 12.3. The van der Waals surface area contributed by atoms with Gasteiger partial charge in [-0.2, -0.15) is 0 Å². The summed E-state index contributed by atoms with van der Waals surface area (Å²) in [6.07, 6.45) is 3.48. The average molecular weight is 401 g/mol. The number of carbonyl (C=O) groups excluding carboxylic acids is 2. The maximum Gasteiger partial charge on any atom is 0.223 e. The van der Waals surface area contributed by atoms with E-state index in [4.69, 9.17) is 11.6 Å². The zero-order chi connectivity index (χ0) is 20.3. The predicted molar refractivity (Wildman–Crippen MR) is 108 cm³/mol. The van der Waals surface area contributed by atoms with Crippen molar-refractivity contribution < 1.29 is 9.59 Å². The first-order valence-electron chi connectivity index (χ1n) is 9.36. The van der Waals surface area contributed by atoms with E-state index in [0.29, 0.717) is 18.0 Å². The summed E-state index contributed by atoms with van der Waals surface area (Å²) in [5, 5.41) is 9.86. The molecule has 6 nitrogen and oxygen atoms in total. The third-order valence-electron chi connectivity index (χ3n) is 4.72. The second-order valence-electron chi connectivity index (χ2n) is 7.45. The minimum Gasteiger partial charge on any atom is -0.352 e. The van der Waals surface area contributed by atoms with Gasteiger partial charge in [-0.1, -0.05) is 37.6 Å². The van der Waals surface area contributed by atoms with Gasteiger partial charge in [-0.05, 0) is 35.7 Å². The number of halogens is 1. The van der Waals surface area contributed by atoms with E-state index in [1.165, 1.54) is 0 Å². The quantitative estimate of drug-likeness (QED) is 0.719. The number of carbonyl (C=O) groups is 2. The summed E-state index contributed by atoms with van der Waals surface area (Å²) >= 11 is 6.42. The highest BCUT2D eigenvalue weighted by atomic mass is 35.5. The molecule has 7 heteroatoms. The number of nitrogens with one attached hydrogen (secondary N) is 3. The lowest BCUT2D eigenvalue weighted by atomic mass is 9.99. The van der Waals surface area contributed by atoms with E-state index in [1.54, 1.807) is 18.5 Å². The third-order valence-corrected chi connectivity index (χ3v) is 5.07. The van der Waals surface area contributed by atoms with Gasteiger partial charge in [0, 0.05) is 47.9 Å². The summed E-state index contributed by atoms with van der Waals surface area (Å²) in [6, 6.07) is 7.46. The molecule has 148 valence electrons. The minimum atomic E-state index is -0.417. The predicted octanol–water partition coefficient (Wildman–Crippen LogP) is 3.17. The highest BCUT2D eigenvalue weighted by Crippen LogP contribution is 2.29. The van der Waals surface area contributed by atoms with Gasteiger partial charge in [0.15, 0.2) is 0 Å². The molecule has 1 aromatic carbocycles. The van der Waals surface area contributed by atoms with Crippen molar-refractivity contribution in [3.8, 4) is 0 Å².